The molecular weight excluding hydrogens is 689 g/mol. The van der Waals surface area contributed by atoms with Crippen molar-refractivity contribution in [2.45, 2.75) is 56.4 Å². The lowest BCUT2D eigenvalue weighted by Crippen LogP contribution is -2.13. The van der Waals surface area contributed by atoms with E-state index in [0.29, 0.717) is 41.6 Å². The van der Waals surface area contributed by atoms with Gasteiger partial charge < -0.3 is 23.9 Å². The number of esters is 1. The normalized spacial score (nSPS) is 12.5. The van der Waals surface area contributed by atoms with Gasteiger partial charge in [-0.2, -0.15) is 5.10 Å². The van der Waals surface area contributed by atoms with Gasteiger partial charge in [0.25, 0.3) is 0 Å². The summed E-state index contributed by atoms with van der Waals surface area (Å²) in [7, 11) is 3.51. The number of aryl methyl sites for hydroxylation is 3. The SMILES string of the molecule is CCOC(=O)c1c(CCCOc2cc(SCc3ccc(OC)cc3)cc3cc(F)ccc23)c2ccc(Cl)c(-c3c(CO)nn4c3CCC4)c2n1C. The Morgan fingerprint density at radius 2 is 1.86 bits per heavy atom. The fourth-order valence-corrected chi connectivity index (χ4v) is 8.31. The summed E-state index contributed by atoms with van der Waals surface area (Å²) in [6, 6.07) is 20.5. The van der Waals surface area contributed by atoms with Crippen LogP contribution >= 0.6 is 23.4 Å². The summed E-state index contributed by atoms with van der Waals surface area (Å²) in [6.07, 6.45) is 2.93. The van der Waals surface area contributed by atoms with Gasteiger partial charge in [-0.15, -0.1) is 11.8 Å². The van der Waals surface area contributed by atoms with Crippen molar-refractivity contribution in [3.63, 3.8) is 0 Å². The zero-order valence-corrected chi connectivity index (χ0v) is 30.4. The molecule has 0 bridgehead atoms. The fraction of sp³-hybridized carbons (Fsp3) is 0.300. The minimum Gasteiger partial charge on any atom is -0.497 e. The van der Waals surface area contributed by atoms with Crippen molar-refractivity contribution < 1.29 is 28.5 Å². The molecule has 0 atom stereocenters. The van der Waals surface area contributed by atoms with Gasteiger partial charge >= 0.3 is 5.97 Å². The van der Waals surface area contributed by atoms with E-state index in [4.69, 9.17) is 25.8 Å². The predicted molar refractivity (Wildman–Crippen MR) is 200 cm³/mol. The minimum atomic E-state index is -0.411. The first-order valence-corrected chi connectivity index (χ1v) is 18.5. The number of aliphatic hydroxyl groups excluding tert-OH is 1. The van der Waals surface area contributed by atoms with Crippen molar-refractivity contribution in [1.82, 2.24) is 14.3 Å². The van der Waals surface area contributed by atoms with Crippen LogP contribution in [0.3, 0.4) is 0 Å². The summed E-state index contributed by atoms with van der Waals surface area (Å²) < 4.78 is 35.4. The Balaban J connectivity index is 1.18. The average Bonchev–Trinajstić information content (AvgIpc) is 3.81. The van der Waals surface area contributed by atoms with E-state index < -0.39 is 5.97 Å². The molecule has 3 heterocycles. The lowest BCUT2D eigenvalue weighted by molar-refractivity contribution is 0.0514. The first kappa shape index (κ1) is 34.9. The van der Waals surface area contributed by atoms with Crippen molar-refractivity contribution in [2.75, 3.05) is 20.3 Å². The highest BCUT2D eigenvalue weighted by Gasteiger charge is 2.30. The molecule has 2 aromatic heterocycles. The van der Waals surface area contributed by atoms with Crippen LogP contribution in [0.5, 0.6) is 11.5 Å². The second-order valence-corrected chi connectivity index (χ2v) is 14.0. The number of thioether (sulfide) groups is 1. The zero-order chi connectivity index (χ0) is 35.6. The van der Waals surface area contributed by atoms with Gasteiger partial charge in [0, 0.05) is 51.8 Å². The molecule has 0 unspecified atom stereocenters. The minimum absolute atomic E-state index is 0.218. The van der Waals surface area contributed by atoms with Crippen molar-refractivity contribution in [3.05, 3.63) is 106 Å². The number of carbonyl (C=O) groups excluding carboxylic acids is 1. The molecule has 0 aliphatic carbocycles. The topological polar surface area (TPSA) is 87.7 Å². The highest BCUT2D eigenvalue weighted by molar-refractivity contribution is 7.98. The number of ether oxygens (including phenoxy) is 3. The van der Waals surface area contributed by atoms with E-state index in [2.05, 4.69) is 5.10 Å². The van der Waals surface area contributed by atoms with E-state index in [1.54, 1.807) is 31.9 Å². The summed E-state index contributed by atoms with van der Waals surface area (Å²) in [5.41, 5.74) is 6.46. The number of rotatable bonds is 13. The van der Waals surface area contributed by atoms with Crippen LogP contribution in [0.1, 0.15) is 52.8 Å². The van der Waals surface area contributed by atoms with Crippen LogP contribution < -0.4 is 9.47 Å². The lowest BCUT2D eigenvalue weighted by atomic mass is 9.97. The molecule has 264 valence electrons. The largest absolute Gasteiger partial charge is 0.497 e. The van der Waals surface area contributed by atoms with Crippen molar-refractivity contribution in [3.8, 4) is 22.6 Å². The second-order valence-electron chi connectivity index (χ2n) is 12.6. The third kappa shape index (κ3) is 6.80. The number of hydrogen-bond donors (Lipinski definition) is 1. The quantitative estimate of drug-likeness (QED) is 0.0722. The molecule has 0 fully saturated rings. The molecule has 11 heteroatoms. The maximum Gasteiger partial charge on any atom is 0.355 e. The molecule has 1 aliphatic heterocycles. The standard InChI is InChI=1S/C40H39ClFN3O5S/c1-4-49-40(47)39-30(31-15-16-32(41)36(38(31)44(39)2)37-33(22-46)43-45-17-5-8-34(37)45)7-6-18-50-35-21-28(20-25-19-26(42)11-14-29(25)35)51-23-24-9-12-27(48-3)13-10-24/h9-16,19-21,46H,4-8,17-18,22-23H2,1-3H3. The molecule has 1 N–H and O–H groups in total. The maximum absolute atomic E-state index is 14.3. The monoisotopic (exact) mass is 727 g/mol. The van der Waals surface area contributed by atoms with E-state index in [-0.39, 0.29) is 19.0 Å². The van der Waals surface area contributed by atoms with E-state index in [1.807, 2.05) is 64.8 Å². The highest BCUT2D eigenvalue weighted by atomic mass is 35.5. The van der Waals surface area contributed by atoms with Crippen LogP contribution in [0.2, 0.25) is 5.02 Å². The molecule has 7 rings (SSSR count). The van der Waals surface area contributed by atoms with Crippen molar-refractivity contribution >= 4 is 51.0 Å². The van der Waals surface area contributed by atoms with Gasteiger partial charge in [-0.05, 0) is 97.7 Å². The van der Waals surface area contributed by atoms with Crippen molar-refractivity contribution in [2.24, 2.45) is 7.05 Å². The molecule has 8 nitrogen and oxygen atoms in total. The predicted octanol–water partition coefficient (Wildman–Crippen LogP) is 8.92. The highest BCUT2D eigenvalue weighted by Crippen LogP contribution is 2.43. The maximum atomic E-state index is 14.3. The Kier molecular flexibility index (Phi) is 10.3. The molecule has 1 aliphatic rings. The zero-order valence-electron chi connectivity index (χ0n) is 28.8. The third-order valence-electron chi connectivity index (χ3n) is 9.43. The number of benzene rings is 4. The Morgan fingerprint density at radius 3 is 2.63 bits per heavy atom. The third-order valence-corrected chi connectivity index (χ3v) is 10.8. The number of aliphatic hydroxyl groups is 1. The molecule has 51 heavy (non-hydrogen) atoms. The van der Waals surface area contributed by atoms with Gasteiger partial charge in [0.2, 0.25) is 0 Å². The molecule has 0 spiro atoms. The Hall–Kier alpha value is -4.51. The summed E-state index contributed by atoms with van der Waals surface area (Å²) >= 11 is 8.59. The van der Waals surface area contributed by atoms with Crippen LogP contribution in [-0.4, -0.2) is 45.7 Å². The summed E-state index contributed by atoms with van der Waals surface area (Å²) in [5, 5.41) is 18.0. The number of carbonyl (C=O) groups is 1. The molecular formula is C40H39ClFN3O5S. The van der Waals surface area contributed by atoms with Crippen LogP contribution in [0.25, 0.3) is 32.8 Å². The van der Waals surface area contributed by atoms with E-state index >= 15 is 0 Å². The Labute approximate surface area is 305 Å². The first-order chi connectivity index (χ1) is 24.8. The van der Waals surface area contributed by atoms with Gasteiger partial charge in [0.05, 0.1) is 43.2 Å². The van der Waals surface area contributed by atoms with Gasteiger partial charge in [-0.1, -0.05) is 29.8 Å². The Morgan fingerprint density at radius 1 is 1.06 bits per heavy atom. The van der Waals surface area contributed by atoms with Gasteiger partial charge in [0.1, 0.15) is 23.0 Å². The van der Waals surface area contributed by atoms with E-state index in [9.17, 15) is 14.3 Å². The fourth-order valence-electron chi connectivity index (χ4n) is 7.14. The number of halogens is 2. The van der Waals surface area contributed by atoms with Gasteiger partial charge in [-0.3, -0.25) is 4.68 Å². The molecule has 6 aromatic rings. The first-order valence-electron chi connectivity index (χ1n) is 17.1. The Bertz CT molecular complexity index is 2250. The molecule has 0 saturated heterocycles. The number of methoxy groups -OCH3 is 1. The second kappa shape index (κ2) is 15.0. The number of fused-ring (bicyclic) bond motifs is 3. The molecule has 0 saturated carbocycles. The molecule has 0 amide bonds. The number of aromatic nitrogens is 3. The molecule has 0 radical (unpaired) electrons. The van der Waals surface area contributed by atoms with Gasteiger partial charge in [-0.25, -0.2) is 9.18 Å². The van der Waals surface area contributed by atoms with Crippen LogP contribution in [0.15, 0.2) is 71.6 Å². The van der Waals surface area contributed by atoms with Crippen LogP contribution in [0, 0.1) is 5.82 Å². The number of hydrogen-bond acceptors (Lipinski definition) is 7. The summed E-state index contributed by atoms with van der Waals surface area (Å²) in [5.74, 6) is 1.50. The van der Waals surface area contributed by atoms with E-state index in [1.165, 1.54) is 12.1 Å². The number of nitrogens with zero attached hydrogens (tertiary/aromatic N) is 3. The van der Waals surface area contributed by atoms with Crippen molar-refractivity contribution in [1.29, 1.82) is 0 Å². The van der Waals surface area contributed by atoms with E-state index in [0.717, 1.165) is 85.4 Å². The summed E-state index contributed by atoms with van der Waals surface area (Å²) in [6.45, 7) is 2.97. The molecule has 4 aromatic carbocycles. The average molecular weight is 728 g/mol. The van der Waals surface area contributed by atoms with Crippen LogP contribution in [-0.2, 0) is 43.5 Å². The summed E-state index contributed by atoms with van der Waals surface area (Å²) in [4.78, 5) is 14.5. The van der Waals surface area contributed by atoms with Gasteiger partial charge in [0.15, 0.2) is 0 Å². The smallest absolute Gasteiger partial charge is 0.355 e. The van der Waals surface area contributed by atoms with Crippen LogP contribution in [0.4, 0.5) is 4.39 Å². The lowest BCUT2D eigenvalue weighted by Gasteiger charge is -2.13.